The minimum absolute atomic E-state index is 0.0215. The number of para-hydroxylation sites is 1. The van der Waals surface area contributed by atoms with Crippen molar-refractivity contribution in [2.75, 3.05) is 12.4 Å². The number of nitrogens with zero attached hydrogens (tertiary/aromatic N) is 1. The number of rotatable bonds is 3. The topological polar surface area (TPSA) is 84.1 Å². The van der Waals surface area contributed by atoms with Gasteiger partial charge in [-0.1, -0.05) is 13.0 Å². The second kappa shape index (κ2) is 5.20. The van der Waals surface area contributed by atoms with E-state index in [1.165, 1.54) is 7.11 Å². The molecule has 1 amide bonds. The van der Waals surface area contributed by atoms with Crippen LogP contribution in [0.3, 0.4) is 0 Å². The zero-order chi connectivity index (χ0) is 15.0. The monoisotopic (exact) mass is 287 g/mol. The number of carbonyl (C=O) groups is 2. The number of hydrogen-bond donors (Lipinski definition) is 2. The van der Waals surface area contributed by atoms with Crippen molar-refractivity contribution in [2.45, 2.75) is 19.8 Å². The van der Waals surface area contributed by atoms with Gasteiger partial charge >= 0.3 is 5.97 Å². The Labute approximate surface area is 121 Å². The number of fused-ring (bicyclic) bond motifs is 1. The van der Waals surface area contributed by atoms with Gasteiger partial charge in [-0.2, -0.15) is 0 Å². The number of anilines is 1. The molecule has 0 spiro atoms. The fraction of sp³-hybridized carbons (Fsp3) is 0.400. The van der Waals surface area contributed by atoms with Crippen molar-refractivity contribution < 1.29 is 14.3 Å². The van der Waals surface area contributed by atoms with Gasteiger partial charge in [-0.05, 0) is 30.9 Å². The number of esters is 1. The highest BCUT2D eigenvalue weighted by Gasteiger charge is 2.31. The van der Waals surface area contributed by atoms with E-state index >= 15 is 0 Å². The van der Waals surface area contributed by atoms with Gasteiger partial charge in [0.15, 0.2) is 0 Å². The average molecular weight is 287 g/mol. The molecule has 1 fully saturated rings. The van der Waals surface area contributed by atoms with Crippen molar-refractivity contribution in [2.24, 2.45) is 11.8 Å². The van der Waals surface area contributed by atoms with Gasteiger partial charge in [-0.25, -0.2) is 9.78 Å². The molecule has 3 rings (SSSR count). The molecule has 0 unspecified atom stereocenters. The Balaban J connectivity index is 1.84. The van der Waals surface area contributed by atoms with Gasteiger partial charge in [0.2, 0.25) is 11.9 Å². The summed E-state index contributed by atoms with van der Waals surface area (Å²) in [5.74, 6) is 0.575. The van der Waals surface area contributed by atoms with Crippen molar-refractivity contribution in [3.8, 4) is 0 Å². The van der Waals surface area contributed by atoms with Crippen LogP contribution in [0.15, 0.2) is 18.2 Å². The lowest BCUT2D eigenvalue weighted by atomic mass is 9.76. The van der Waals surface area contributed by atoms with Crippen molar-refractivity contribution in [1.82, 2.24) is 9.97 Å². The number of carbonyl (C=O) groups excluding carboxylic acids is 2. The van der Waals surface area contributed by atoms with E-state index in [4.69, 9.17) is 4.74 Å². The largest absolute Gasteiger partial charge is 0.465 e. The third-order valence-corrected chi connectivity index (χ3v) is 3.90. The van der Waals surface area contributed by atoms with Crippen LogP contribution in [0.25, 0.3) is 11.0 Å². The number of benzene rings is 1. The van der Waals surface area contributed by atoms with Gasteiger partial charge in [-0.3, -0.25) is 10.1 Å². The number of H-pyrrole nitrogens is 1. The Hall–Kier alpha value is -2.37. The predicted octanol–water partition coefficient (Wildman–Crippen LogP) is 2.33. The lowest BCUT2D eigenvalue weighted by Crippen LogP contribution is -2.33. The molecule has 6 heteroatoms. The molecule has 2 aromatic rings. The van der Waals surface area contributed by atoms with E-state index in [-0.39, 0.29) is 11.8 Å². The number of ether oxygens (including phenoxy) is 1. The van der Waals surface area contributed by atoms with Crippen molar-refractivity contribution in [3.63, 3.8) is 0 Å². The van der Waals surface area contributed by atoms with Crippen LogP contribution in [0.5, 0.6) is 0 Å². The molecule has 2 N–H and O–H groups in total. The minimum Gasteiger partial charge on any atom is -0.465 e. The first-order valence-electron chi connectivity index (χ1n) is 6.96. The van der Waals surface area contributed by atoms with E-state index < -0.39 is 5.97 Å². The van der Waals surface area contributed by atoms with Crippen LogP contribution >= 0.6 is 0 Å². The predicted molar refractivity (Wildman–Crippen MR) is 78.0 cm³/mol. The van der Waals surface area contributed by atoms with Gasteiger partial charge in [-0.15, -0.1) is 0 Å². The molecule has 1 saturated carbocycles. The molecule has 0 bridgehead atoms. The number of nitrogens with one attached hydrogen (secondary N) is 2. The first-order chi connectivity index (χ1) is 10.1. The normalized spacial score (nSPS) is 20.9. The van der Waals surface area contributed by atoms with Crippen molar-refractivity contribution in [3.05, 3.63) is 23.8 Å². The number of hydrogen-bond acceptors (Lipinski definition) is 4. The van der Waals surface area contributed by atoms with Crippen LogP contribution < -0.4 is 5.32 Å². The van der Waals surface area contributed by atoms with Crippen LogP contribution in [0, 0.1) is 11.8 Å². The maximum Gasteiger partial charge on any atom is 0.340 e. The Bertz CT molecular complexity index is 701. The number of methoxy groups -OCH3 is 1. The molecule has 6 nitrogen and oxygen atoms in total. The highest BCUT2D eigenvalue weighted by atomic mass is 16.5. The lowest BCUT2D eigenvalue weighted by Gasteiger charge is -2.30. The van der Waals surface area contributed by atoms with E-state index in [0.29, 0.717) is 28.5 Å². The fourth-order valence-electron chi connectivity index (χ4n) is 2.70. The Morgan fingerprint density at radius 3 is 2.81 bits per heavy atom. The second-order valence-electron chi connectivity index (χ2n) is 5.54. The van der Waals surface area contributed by atoms with E-state index in [0.717, 1.165) is 12.8 Å². The van der Waals surface area contributed by atoms with Gasteiger partial charge in [0.05, 0.1) is 18.2 Å². The van der Waals surface area contributed by atoms with Crippen LogP contribution in [0.4, 0.5) is 5.95 Å². The molecule has 0 radical (unpaired) electrons. The van der Waals surface area contributed by atoms with E-state index in [2.05, 4.69) is 22.2 Å². The first-order valence-corrected chi connectivity index (χ1v) is 6.96. The van der Waals surface area contributed by atoms with Gasteiger partial charge in [0.25, 0.3) is 0 Å². The number of aromatic amines is 1. The van der Waals surface area contributed by atoms with Crippen molar-refractivity contribution in [1.29, 1.82) is 0 Å². The Kier molecular flexibility index (Phi) is 3.37. The van der Waals surface area contributed by atoms with E-state index in [1.807, 2.05) is 0 Å². The summed E-state index contributed by atoms with van der Waals surface area (Å²) in [5, 5.41) is 2.78. The molecule has 1 heterocycles. The second-order valence-corrected chi connectivity index (χ2v) is 5.54. The number of imidazole rings is 1. The molecule has 1 aromatic heterocycles. The summed E-state index contributed by atoms with van der Waals surface area (Å²) in [6.45, 7) is 2.13. The molecule has 110 valence electrons. The number of aromatic nitrogens is 2. The quantitative estimate of drug-likeness (QED) is 0.849. The van der Waals surface area contributed by atoms with Crippen LogP contribution in [0.2, 0.25) is 0 Å². The molecular weight excluding hydrogens is 270 g/mol. The van der Waals surface area contributed by atoms with Gasteiger partial charge in [0.1, 0.15) is 5.52 Å². The molecule has 21 heavy (non-hydrogen) atoms. The summed E-state index contributed by atoms with van der Waals surface area (Å²) in [7, 11) is 1.33. The molecule has 0 aliphatic heterocycles. The van der Waals surface area contributed by atoms with Crippen LogP contribution in [-0.4, -0.2) is 29.0 Å². The smallest absolute Gasteiger partial charge is 0.340 e. The lowest BCUT2D eigenvalue weighted by molar-refractivity contribution is -0.123. The first kappa shape index (κ1) is 13.6. The molecule has 0 saturated heterocycles. The van der Waals surface area contributed by atoms with Crippen LogP contribution in [-0.2, 0) is 9.53 Å². The standard InChI is InChI=1S/C15H17N3O3/c1-8-6-9(7-8)13(19)18-15-16-11-5-3-4-10(12(11)17-15)14(20)21-2/h3-5,8-9H,6-7H2,1-2H3,(H2,16,17,18,19). The molecular formula is C15H17N3O3. The Morgan fingerprint density at radius 1 is 1.38 bits per heavy atom. The summed E-state index contributed by atoms with van der Waals surface area (Å²) < 4.78 is 4.73. The maximum absolute atomic E-state index is 12.0. The van der Waals surface area contributed by atoms with Gasteiger partial charge in [0, 0.05) is 5.92 Å². The molecule has 1 aromatic carbocycles. The summed E-state index contributed by atoms with van der Waals surface area (Å²) in [5.41, 5.74) is 1.57. The van der Waals surface area contributed by atoms with Crippen molar-refractivity contribution >= 4 is 28.9 Å². The average Bonchev–Trinajstić information content (AvgIpc) is 2.84. The van der Waals surface area contributed by atoms with Gasteiger partial charge < -0.3 is 9.72 Å². The number of amides is 1. The third-order valence-electron chi connectivity index (χ3n) is 3.90. The summed E-state index contributed by atoms with van der Waals surface area (Å²) in [6.07, 6.45) is 1.83. The highest BCUT2D eigenvalue weighted by molar-refractivity contribution is 6.03. The summed E-state index contributed by atoms with van der Waals surface area (Å²) in [6, 6.07) is 5.19. The highest BCUT2D eigenvalue weighted by Crippen LogP contribution is 2.33. The Morgan fingerprint density at radius 2 is 2.14 bits per heavy atom. The molecule has 1 aliphatic carbocycles. The summed E-state index contributed by atoms with van der Waals surface area (Å²) in [4.78, 5) is 31.0. The minimum atomic E-state index is -0.446. The van der Waals surface area contributed by atoms with E-state index in [9.17, 15) is 9.59 Å². The summed E-state index contributed by atoms with van der Waals surface area (Å²) >= 11 is 0. The third kappa shape index (κ3) is 2.49. The fourth-order valence-corrected chi connectivity index (χ4v) is 2.70. The SMILES string of the molecule is COC(=O)c1cccc2[nH]c(NC(=O)C3CC(C)C3)nc12. The zero-order valence-electron chi connectivity index (χ0n) is 12.0. The zero-order valence-corrected chi connectivity index (χ0v) is 12.0. The molecule has 0 atom stereocenters. The maximum atomic E-state index is 12.0. The van der Waals surface area contributed by atoms with Crippen LogP contribution in [0.1, 0.15) is 30.1 Å². The molecule has 1 aliphatic rings. The van der Waals surface area contributed by atoms with E-state index in [1.54, 1.807) is 18.2 Å².